The van der Waals surface area contributed by atoms with E-state index in [9.17, 15) is 24.5 Å². The highest BCUT2D eigenvalue weighted by Gasteiger charge is 2.13. The smallest absolute Gasteiger partial charge is 0.343 e. The fraction of sp³-hybridized carbons (Fsp3) is 0. The molecule has 0 spiro atoms. The van der Waals surface area contributed by atoms with Crippen LogP contribution in [0.3, 0.4) is 0 Å². The molecule has 0 saturated carbocycles. The molecule has 0 aliphatic carbocycles. The van der Waals surface area contributed by atoms with Gasteiger partial charge in [0, 0.05) is 39.0 Å². The third-order valence-electron chi connectivity index (χ3n) is 5.30. The Morgan fingerprint density at radius 3 is 2.13 bits per heavy atom. The second kappa shape index (κ2) is 12.4. The molecule has 0 unspecified atom stereocenters. The van der Waals surface area contributed by atoms with E-state index in [1.807, 2.05) is 0 Å². The lowest BCUT2D eigenvalue weighted by Gasteiger charge is -2.08. The Hall–Kier alpha value is -5.16. The molecule has 11 heteroatoms. The molecule has 0 aliphatic rings. The number of hydrogen-bond donors (Lipinski definition) is 2. The number of nitrogens with one attached hydrogen (secondary N) is 2. The van der Waals surface area contributed by atoms with Gasteiger partial charge in [0.05, 0.1) is 16.7 Å². The summed E-state index contributed by atoms with van der Waals surface area (Å²) >= 11 is 3.37. The van der Waals surface area contributed by atoms with Crippen LogP contribution in [-0.2, 0) is 0 Å². The number of rotatable bonds is 8. The summed E-state index contributed by atoms with van der Waals surface area (Å²) < 4.78 is 6.22. The van der Waals surface area contributed by atoms with Crippen LogP contribution in [0, 0.1) is 10.1 Å². The Balaban J connectivity index is 1.37. The first-order valence-corrected chi connectivity index (χ1v) is 12.2. The van der Waals surface area contributed by atoms with Crippen molar-refractivity contribution in [1.82, 2.24) is 5.43 Å². The van der Waals surface area contributed by atoms with Crippen LogP contribution in [0.15, 0.2) is 107 Å². The SMILES string of the molecule is O=C(N/N=C\c1cc(Br)ccc1OC(=O)c1ccccc1)c1ccc(NC(=O)c2ccc([N+](=O)[O-])cc2)cc1. The van der Waals surface area contributed by atoms with Gasteiger partial charge in [-0.05, 0) is 66.7 Å². The Morgan fingerprint density at radius 1 is 0.821 bits per heavy atom. The van der Waals surface area contributed by atoms with Crippen LogP contribution in [0.1, 0.15) is 36.6 Å². The average Bonchev–Trinajstić information content (AvgIpc) is 2.95. The molecule has 0 aromatic heterocycles. The number of nitro benzene ring substituents is 1. The van der Waals surface area contributed by atoms with E-state index < -0.39 is 22.7 Å². The summed E-state index contributed by atoms with van der Waals surface area (Å²) in [5.41, 5.74) is 4.10. The number of nitrogens with zero attached hydrogens (tertiary/aromatic N) is 2. The fourth-order valence-electron chi connectivity index (χ4n) is 3.31. The predicted molar refractivity (Wildman–Crippen MR) is 148 cm³/mol. The third-order valence-corrected chi connectivity index (χ3v) is 5.79. The number of esters is 1. The van der Waals surface area contributed by atoms with Gasteiger partial charge >= 0.3 is 5.97 Å². The van der Waals surface area contributed by atoms with E-state index in [0.717, 1.165) is 4.47 Å². The summed E-state index contributed by atoms with van der Waals surface area (Å²) in [7, 11) is 0. The second-order valence-corrected chi connectivity index (χ2v) is 8.89. The number of non-ortho nitro benzene ring substituents is 1. The summed E-state index contributed by atoms with van der Waals surface area (Å²) in [6.45, 7) is 0. The van der Waals surface area contributed by atoms with Crippen molar-refractivity contribution in [2.75, 3.05) is 5.32 Å². The highest BCUT2D eigenvalue weighted by Crippen LogP contribution is 2.23. The van der Waals surface area contributed by atoms with Crippen molar-refractivity contribution in [2.24, 2.45) is 5.10 Å². The van der Waals surface area contributed by atoms with E-state index in [1.54, 1.807) is 48.5 Å². The molecular weight excluding hydrogens is 568 g/mol. The number of hydrogen-bond acceptors (Lipinski definition) is 7. The standard InChI is InChI=1S/C28H19BrN4O6/c29-22-10-15-25(39-28(36)20-4-2-1-3-5-20)21(16-22)17-30-32-27(35)19-6-11-23(12-7-19)31-26(34)18-8-13-24(14-9-18)33(37)38/h1-17H,(H,31,34)(H,32,35)/b30-17-. The quantitative estimate of drug-likeness (QED) is 0.0906. The maximum atomic E-state index is 12.5. The van der Waals surface area contributed by atoms with Crippen LogP contribution < -0.4 is 15.5 Å². The van der Waals surface area contributed by atoms with Gasteiger partial charge in [-0.2, -0.15) is 5.10 Å². The highest BCUT2D eigenvalue weighted by molar-refractivity contribution is 9.10. The van der Waals surface area contributed by atoms with Crippen LogP contribution in [0.25, 0.3) is 0 Å². The molecule has 4 rings (SSSR count). The van der Waals surface area contributed by atoms with Gasteiger partial charge in [-0.1, -0.05) is 34.1 Å². The molecule has 0 fully saturated rings. The minimum absolute atomic E-state index is 0.117. The minimum atomic E-state index is -0.548. The molecule has 0 aliphatic heterocycles. The van der Waals surface area contributed by atoms with Crippen molar-refractivity contribution in [2.45, 2.75) is 0 Å². The number of nitro groups is 1. The maximum Gasteiger partial charge on any atom is 0.343 e. The zero-order valence-corrected chi connectivity index (χ0v) is 21.6. The molecule has 0 heterocycles. The zero-order chi connectivity index (χ0) is 27.8. The summed E-state index contributed by atoms with van der Waals surface area (Å²) in [6.07, 6.45) is 1.36. The van der Waals surface area contributed by atoms with Gasteiger partial charge in [-0.25, -0.2) is 10.2 Å². The predicted octanol–water partition coefficient (Wildman–Crippen LogP) is 5.59. The summed E-state index contributed by atoms with van der Waals surface area (Å²) in [5.74, 6) is -1.22. The number of ether oxygens (including phenoxy) is 1. The Bertz CT molecular complexity index is 1560. The van der Waals surface area contributed by atoms with Crippen molar-refractivity contribution < 1.29 is 24.0 Å². The molecule has 4 aromatic rings. The molecule has 0 radical (unpaired) electrons. The lowest BCUT2D eigenvalue weighted by Crippen LogP contribution is -2.18. The highest BCUT2D eigenvalue weighted by atomic mass is 79.9. The fourth-order valence-corrected chi connectivity index (χ4v) is 3.69. The van der Waals surface area contributed by atoms with Gasteiger partial charge < -0.3 is 10.1 Å². The van der Waals surface area contributed by atoms with Crippen molar-refractivity contribution in [3.8, 4) is 5.75 Å². The molecule has 10 nitrogen and oxygen atoms in total. The van der Waals surface area contributed by atoms with Crippen LogP contribution in [0.5, 0.6) is 5.75 Å². The van der Waals surface area contributed by atoms with Crippen LogP contribution >= 0.6 is 15.9 Å². The molecule has 4 aromatic carbocycles. The molecule has 0 atom stereocenters. The van der Waals surface area contributed by atoms with Crippen molar-refractivity contribution >= 4 is 51.3 Å². The maximum absolute atomic E-state index is 12.5. The van der Waals surface area contributed by atoms with Crippen molar-refractivity contribution in [3.05, 3.63) is 134 Å². The monoisotopic (exact) mass is 586 g/mol. The van der Waals surface area contributed by atoms with E-state index >= 15 is 0 Å². The van der Waals surface area contributed by atoms with Crippen molar-refractivity contribution in [3.63, 3.8) is 0 Å². The number of anilines is 1. The molecule has 2 N–H and O–H groups in total. The molecule has 2 amide bonds. The first-order valence-electron chi connectivity index (χ1n) is 11.4. The summed E-state index contributed by atoms with van der Waals surface area (Å²) in [6, 6.07) is 24.8. The van der Waals surface area contributed by atoms with E-state index in [4.69, 9.17) is 4.74 Å². The minimum Gasteiger partial charge on any atom is -0.422 e. The lowest BCUT2D eigenvalue weighted by atomic mass is 10.1. The number of carbonyl (C=O) groups excluding carboxylic acids is 3. The van der Waals surface area contributed by atoms with E-state index in [1.165, 1.54) is 54.7 Å². The largest absolute Gasteiger partial charge is 0.422 e. The first-order chi connectivity index (χ1) is 18.8. The Kier molecular flexibility index (Phi) is 8.54. The van der Waals surface area contributed by atoms with Crippen LogP contribution in [0.4, 0.5) is 11.4 Å². The average molecular weight is 587 g/mol. The van der Waals surface area contributed by atoms with E-state index in [2.05, 4.69) is 31.8 Å². The molecule has 39 heavy (non-hydrogen) atoms. The molecule has 0 saturated heterocycles. The second-order valence-electron chi connectivity index (χ2n) is 7.97. The summed E-state index contributed by atoms with van der Waals surface area (Å²) in [4.78, 5) is 47.5. The van der Waals surface area contributed by atoms with Gasteiger partial charge in [0.25, 0.3) is 17.5 Å². The number of hydrazone groups is 1. The number of benzene rings is 4. The Labute approximate surface area is 230 Å². The topological polar surface area (TPSA) is 140 Å². The third kappa shape index (κ3) is 7.21. The van der Waals surface area contributed by atoms with Crippen LogP contribution in [0.2, 0.25) is 0 Å². The normalized spacial score (nSPS) is 10.6. The summed E-state index contributed by atoms with van der Waals surface area (Å²) in [5, 5.41) is 17.4. The van der Waals surface area contributed by atoms with E-state index in [0.29, 0.717) is 16.8 Å². The van der Waals surface area contributed by atoms with Gasteiger partial charge in [0.2, 0.25) is 0 Å². The van der Waals surface area contributed by atoms with E-state index in [-0.39, 0.29) is 22.6 Å². The number of amides is 2. The lowest BCUT2D eigenvalue weighted by molar-refractivity contribution is -0.384. The molecular formula is C28H19BrN4O6. The van der Waals surface area contributed by atoms with Gasteiger partial charge in [0.15, 0.2) is 0 Å². The van der Waals surface area contributed by atoms with Gasteiger partial charge in [0.1, 0.15) is 5.75 Å². The number of halogens is 1. The van der Waals surface area contributed by atoms with Crippen LogP contribution in [-0.4, -0.2) is 28.9 Å². The zero-order valence-electron chi connectivity index (χ0n) is 20.0. The van der Waals surface area contributed by atoms with Gasteiger partial charge in [-0.15, -0.1) is 0 Å². The first kappa shape index (κ1) is 26.9. The molecule has 0 bridgehead atoms. The van der Waals surface area contributed by atoms with Gasteiger partial charge in [-0.3, -0.25) is 19.7 Å². The van der Waals surface area contributed by atoms with Crippen molar-refractivity contribution in [1.29, 1.82) is 0 Å². The Morgan fingerprint density at radius 2 is 1.46 bits per heavy atom. The number of carbonyl (C=O) groups is 3. The molecule has 194 valence electrons.